The third-order valence-corrected chi connectivity index (χ3v) is 6.01. The van der Waals surface area contributed by atoms with Gasteiger partial charge in [-0.2, -0.15) is 5.10 Å². The number of fused-ring (bicyclic) bond motifs is 2. The fourth-order valence-electron chi connectivity index (χ4n) is 4.31. The zero-order valence-electron chi connectivity index (χ0n) is 19.0. The SMILES string of the molecule is Cc1ccc(NC(=O)c2oc3c(c2C)/C(=N/NC(=O)c2cccc4ccccc24)CCC3)nc1. The van der Waals surface area contributed by atoms with Gasteiger partial charge in [-0.05, 0) is 55.2 Å². The standard InChI is InChI=1S/C27H24N4O3/c1-16-13-14-23(28-15-16)29-27(33)25-17(2)24-21(11-6-12-22(24)34-25)30-31-26(32)20-10-5-8-18-7-3-4-9-19(18)20/h3-5,7-10,13-15H,6,11-12H2,1-2H3,(H,31,32)(H,28,29,33)/b30-21+. The average Bonchev–Trinajstić information content (AvgIpc) is 3.20. The number of pyridine rings is 1. The summed E-state index contributed by atoms with van der Waals surface area (Å²) in [7, 11) is 0. The number of amides is 2. The molecule has 7 nitrogen and oxygen atoms in total. The molecule has 0 saturated heterocycles. The van der Waals surface area contributed by atoms with Gasteiger partial charge < -0.3 is 9.73 Å². The van der Waals surface area contributed by atoms with Crippen LogP contribution in [0.2, 0.25) is 0 Å². The molecule has 2 aromatic carbocycles. The van der Waals surface area contributed by atoms with Crippen molar-refractivity contribution >= 4 is 34.1 Å². The van der Waals surface area contributed by atoms with Crippen LogP contribution in [0.4, 0.5) is 5.82 Å². The van der Waals surface area contributed by atoms with Gasteiger partial charge in [-0.3, -0.25) is 9.59 Å². The fraction of sp³-hybridized carbons (Fsp3) is 0.185. The van der Waals surface area contributed by atoms with E-state index < -0.39 is 0 Å². The monoisotopic (exact) mass is 452 g/mol. The molecule has 1 aliphatic rings. The molecule has 2 heterocycles. The Kier molecular flexibility index (Phi) is 5.67. The van der Waals surface area contributed by atoms with Crippen LogP contribution in [0.15, 0.2) is 70.3 Å². The largest absolute Gasteiger partial charge is 0.455 e. The number of aryl methyl sites for hydroxylation is 2. The van der Waals surface area contributed by atoms with Gasteiger partial charge in [-0.15, -0.1) is 0 Å². The number of hydrogen-bond acceptors (Lipinski definition) is 5. The first kappa shape index (κ1) is 21.6. The number of carbonyl (C=O) groups is 2. The molecule has 0 atom stereocenters. The minimum absolute atomic E-state index is 0.238. The van der Waals surface area contributed by atoms with Gasteiger partial charge in [0, 0.05) is 29.3 Å². The van der Waals surface area contributed by atoms with E-state index in [-0.39, 0.29) is 17.6 Å². The third kappa shape index (κ3) is 4.08. The quantitative estimate of drug-likeness (QED) is 0.418. The lowest BCUT2D eigenvalue weighted by atomic mass is 9.93. The van der Waals surface area contributed by atoms with Crippen molar-refractivity contribution in [3.63, 3.8) is 0 Å². The normalized spacial score (nSPS) is 14.1. The van der Waals surface area contributed by atoms with Crippen molar-refractivity contribution in [1.29, 1.82) is 0 Å². The van der Waals surface area contributed by atoms with Crippen molar-refractivity contribution in [3.05, 3.63) is 94.6 Å². The van der Waals surface area contributed by atoms with Gasteiger partial charge >= 0.3 is 0 Å². The number of nitrogens with zero attached hydrogens (tertiary/aromatic N) is 2. The molecule has 0 aliphatic heterocycles. The number of nitrogens with one attached hydrogen (secondary N) is 2. The van der Waals surface area contributed by atoms with E-state index in [0.717, 1.165) is 28.3 Å². The zero-order valence-corrected chi connectivity index (χ0v) is 19.0. The lowest BCUT2D eigenvalue weighted by Gasteiger charge is -2.13. The van der Waals surface area contributed by atoms with Crippen molar-refractivity contribution in [2.45, 2.75) is 33.1 Å². The van der Waals surface area contributed by atoms with Crippen LogP contribution in [-0.4, -0.2) is 22.5 Å². The second-order valence-corrected chi connectivity index (χ2v) is 8.41. The summed E-state index contributed by atoms with van der Waals surface area (Å²) in [6.45, 7) is 3.77. The Morgan fingerprint density at radius 2 is 1.79 bits per heavy atom. The van der Waals surface area contributed by atoms with Crippen LogP contribution in [0.5, 0.6) is 0 Å². The van der Waals surface area contributed by atoms with Crippen molar-refractivity contribution in [2.75, 3.05) is 5.32 Å². The maximum Gasteiger partial charge on any atom is 0.292 e. The highest BCUT2D eigenvalue weighted by Gasteiger charge is 2.28. The molecule has 7 heteroatoms. The molecule has 1 aliphatic carbocycles. The number of carbonyl (C=O) groups excluding carboxylic acids is 2. The summed E-state index contributed by atoms with van der Waals surface area (Å²) in [5.41, 5.74) is 6.50. The molecule has 0 bridgehead atoms. The van der Waals surface area contributed by atoms with Gasteiger partial charge in [0.05, 0.1) is 5.71 Å². The Labute approximate surface area is 196 Å². The molecular formula is C27H24N4O3. The number of anilines is 1. The van der Waals surface area contributed by atoms with E-state index in [1.54, 1.807) is 18.3 Å². The van der Waals surface area contributed by atoms with Crippen molar-refractivity contribution < 1.29 is 14.0 Å². The summed E-state index contributed by atoms with van der Waals surface area (Å²) in [6.07, 6.45) is 3.91. The number of benzene rings is 2. The predicted molar refractivity (Wildman–Crippen MR) is 131 cm³/mol. The Morgan fingerprint density at radius 3 is 2.62 bits per heavy atom. The molecular weight excluding hydrogens is 428 g/mol. The Morgan fingerprint density at radius 1 is 0.971 bits per heavy atom. The lowest BCUT2D eigenvalue weighted by molar-refractivity contribution is 0.0955. The Balaban J connectivity index is 1.40. The molecule has 0 radical (unpaired) electrons. The molecule has 34 heavy (non-hydrogen) atoms. The molecule has 170 valence electrons. The number of aromatic nitrogens is 1. The van der Waals surface area contributed by atoms with Crippen LogP contribution in [0, 0.1) is 13.8 Å². The summed E-state index contributed by atoms with van der Waals surface area (Å²) in [4.78, 5) is 30.0. The van der Waals surface area contributed by atoms with E-state index in [2.05, 4.69) is 20.8 Å². The summed E-state index contributed by atoms with van der Waals surface area (Å²) in [6, 6.07) is 17.0. The molecule has 2 amide bonds. The molecule has 0 spiro atoms. The Hall–Kier alpha value is -4.26. The van der Waals surface area contributed by atoms with Gasteiger partial charge in [0.1, 0.15) is 11.6 Å². The van der Waals surface area contributed by atoms with E-state index >= 15 is 0 Å². The highest BCUT2D eigenvalue weighted by Crippen LogP contribution is 2.30. The van der Waals surface area contributed by atoms with Crippen LogP contribution in [0.25, 0.3) is 10.8 Å². The minimum Gasteiger partial charge on any atom is -0.455 e. The first-order chi connectivity index (χ1) is 16.5. The van der Waals surface area contributed by atoms with Crippen LogP contribution in [0.1, 0.15) is 56.2 Å². The number of furan rings is 1. The smallest absolute Gasteiger partial charge is 0.292 e. The van der Waals surface area contributed by atoms with Crippen molar-refractivity contribution in [2.24, 2.45) is 5.10 Å². The van der Waals surface area contributed by atoms with Gasteiger partial charge in [-0.1, -0.05) is 42.5 Å². The minimum atomic E-state index is -0.359. The summed E-state index contributed by atoms with van der Waals surface area (Å²) in [5.74, 6) is 0.773. The van der Waals surface area contributed by atoms with E-state index in [9.17, 15) is 9.59 Å². The number of hydrazone groups is 1. The Bertz CT molecular complexity index is 1430. The van der Waals surface area contributed by atoms with Crippen LogP contribution >= 0.6 is 0 Å². The average molecular weight is 453 g/mol. The van der Waals surface area contributed by atoms with Crippen LogP contribution < -0.4 is 10.7 Å². The first-order valence-electron chi connectivity index (χ1n) is 11.2. The fourth-order valence-corrected chi connectivity index (χ4v) is 4.31. The van der Waals surface area contributed by atoms with E-state index in [0.29, 0.717) is 41.3 Å². The van der Waals surface area contributed by atoms with Crippen LogP contribution in [0.3, 0.4) is 0 Å². The number of hydrogen-bond donors (Lipinski definition) is 2. The second kappa shape index (κ2) is 8.94. The highest BCUT2D eigenvalue weighted by molar-refractivity contribution is 6.10. The summed E-state index contributed by atoms with van der Waals surface area (Å²) in [5, 5.41) is 9.10. The second-order valence-electron chi connectivity index (χ2n) is 8.41. The zero-order chi connectivity index (χ0) is 23.7. The summed E-state index contributed by atoms with van der Waals surface area (Å²) < 4.78 is 5.94. The van der Waals surface area contributed by atoms with Crippen LogP contribution in [-0.2, 0) is 6.42 Å². The molecule has 0 unspecified atom stereocenters. The highest BCUT2D eigenvalue weighted by atomic mass is 16.4. The van der Waals surface area contributed by atoms with E-state index in [1.165, 1.54) is 0 Å². The third-order valence-electron chi connectivity index (χ3n) is 6.01. The lowest BCUT2D eigenvalue weighted by Crippen LogP contribution is -2.22. The van der Waals surface area contributed by atoms with Crippen molar-refractivity contribution in [3.8, 4) is 0 Å². The van der Waals surface area contributed by atoms with Gasteiger partial charge in [0.25, 0.3) is 11.8 Å². The molecule has 2 aromatic heterocycles. The maximum atomic E-state index is 12.9. The van der Waals surface area contributed by atoms with Crippen molar-refractivity contribution in [1.82, 2.24) is 10.4 Å². The molecule has 4 aromatic rings. The topological polar surface area (TPSA) is 96.6 Å². The molecule has 0 saturated carbocycles. The maximum absolute atomic E-state index is 12.9. The van der Waals surface area contributed by atoms with E-state index in [1.807, 2.05) is 56.3 Å². The predicted octanol–water partition coefficient (Wildman–Crippen LogP) is 5.17. The van der Waals surface area contributed by atoms with Gasteiger partial charge in [-0.25, -0.2) is 10.4 Å². The number of rotatable bonds is 4. The first-order valence-corrected chi connectivity index (χ1v) is 11.2. The molecule has 2 N–H and O–H groups in total. The van der Waals surface area contributed by atoms with Gasteiger partial charge in [0.2, 0.25) is 0 Å². The van der Waals surface area contributed by atoms with E-state index in [4.69, 9.17) is 4.42 Å². The molecule has 0 fully saturated rings. The summed E-state index contributed by atoms with van der Waals surface area (Å²) >= 11 is 0. The molecule has 5 rings (SSSR count). The van der Waals surface area contributed by atoms with Gasteiger partial charge in [0.15, 0.2) is 5.76 Å².